The molecule has 3 nitrogen and oxygen atoms in total. The smallest absolute Gasteiger partial charge is 0.144 e. The van der Waals surface area contributed by atoms with Crippen LogP contribution in [0.2, 0.25) is 0 Å². The third kappa shape index (κ3) is 5.79. The van der Waals surface area contributed by atoms with Gasteiger partial charge in [-0.05, 0) is 30.7 Å². The van der Waals surface area contributed by atoms with Gasteiger partial charge in [0.2, 0.25) is 0 Å². The number of benzene rings is 1. The number of nitrogens with zero attached hydrogens (tertiary/aromatic N) is 1. The fourth-order valence-electron chi connectivity index (χ4n) is 2.99. The van der Waals surface area contributed by atoms with Crippen molar-refractivity contribution in [2.75, 3.05) is 6.61 Å². The molecule has 3 atom stereocenters. The zero-order chi connectivity index (χ0) is 15.6. The molecular weight excluding hydrogens is 274 g/mol. The minimum Gasteiger partial charge on any atom is -0.377 e. The Morgan fingerprint density at radius 2 is 1.95 bits per heavy atom. The second-order valence-electron chi connectivity index (χ2n) is 6.25. The first-order chi connectivity index (χ1) is 10.8. The average Bonchev–Trinajstić information content (AvgIpc) is 2.91. The van der Waals surface area contributed by atoms with Gasteiger partial charge in [-0.2, -0.15) is 5.26 Å². The Kier molecular flexibility index (Phi) is 7.42. The maximum atomic E-state index is 8.89. The Hall–Kier alpha value is -1.37. The number of ether oxygens (including phenoxy) is 2. The van der Waals surface area contributed by atoms with E-state index in [2.05, 4.69) is 25.1 Å². The lowest BCUT2D eigenvalue weighted by Crippen LogP contribution is -2.13. The van der Waals surface area contributed by atoms with Gasteiger partial charge in [0, 0.05) is 6.61 Å². The van der Waals surface area contributed by atoms with E-state index in [1.807, 2.05) is 18.2 Å². The van der Waals surface area contributed by atoms with Crippen LogP contribution in [-0.4, -0.2) is 18.8 Å². The van der Waals surface area contributed by atoms with Crippen LogP contribution in [0.3, 0.4) is 0 Å². The summed E-state index contributed by atoms with van der Waals surface area (Å²) in [6.45, 7) is 3.74. The van der Waals surface area contributed by atoms with Crippen LogP contribution in [0.1, 0.15) is 51.0 Å². The van der Waals surface area contributed by atoms with Gasteiger partial charge in [-0.1, -0.05) is 56.5 Å². The molecule has 1 aromatic carbocycles. The zero-order valence-corrected chi connectivity index (χ0v) is 13.5. The van der Waals surface area contributed by atoms with Crippen molar-refractivity contribution in [1.29, 1.82) is 5.26 Å². The fraction of sp³-hybridized carbons (Fsp3) is 0.632. The van der Waals surface area contributed by atoms with E-state index < -0.39 is 0 Å². The van der Waals surface area contributed by atoms with E-state index in [0.717, 1.165) is 25.9 Å². The van der Waals surface area contributed by atoms with Gasteiger partial charge in [-0.25, -0.2) is 0 Å². The van der Waals surface area contributed by atoms with E-state index in [1.54, 1.807) is 0 Å². The van der Waals surface area contributed by atoms with Crippen molar-refractivity contribution >= 4 is 0 Å². The van der Waals surface area contributed by atoms with E-state index in [4.69, 9.17) is 14.7 Å². The monoisotopic (exact) mass is 301 g/mol. The molecule has 1 heterocycles. The summed E-state index contributed by atoms with van der Waals surface area (Å²) in [4.78, 5) is 0. The SMILES string of the molecule is C[C@@H]1C[C@@H](C#N)O[C@H]1CCCCCCOCc1ccccc1. The summed E-state index contributed by atoms with van der Waals surface area (Å²) < 4.78 is 11.4. The topological polar surface area (TPSA) is 42.2 Å². The quantitative estimate of drug-likeness (QED) is 0.632. The highest BCUT2D eigenvalue weighted by Gasteiger charge is 2.31. The summed E-state index contributed by atoms with van der Waals surface area (Å²) >= 11 is 0. The molecule has 0 bridgehead atoms. The second-order valence-corrected chi connectivity index (χ2v) is 6.25. The van der Waals surface area contributed by atoms with E-state index >= 15 is 0 Å². The van der Waals surface area contributed by atoms with Crippen LogP contribution in [0.4, 0.5) is 0 Å². The molecule has 1 fully saturated rings. The molecule has 0 N–H and O–H groups in total. The van der Waals surface area contributed by atoms with Crippen LogP contribution in [-0.2, 0) is 16.1 Å². The van der Waals surface area contributed by atoms with Gasteiger partial charge in [-0.3, -0.25) is 0 Å². The zero-order valence-electron chi connectivity index (χ0n) is 13.5. The Bertz CT molecular complexity index is 454. The number of hydrogen-bond acceptors (Lipinski definition) is 3. The first-order valence-electron chi connectivity index (χ1n) is 8.46. The summed E-state index contributed by atoms with van der Waals surface area (Å²) in [6, 6.07) is 12.5. The Morgan fingerprint density at radius 1 is 1.18 bits per heavy atom. The summed E-state index contributed by atoms with van der Waals surface area (Å²) in [7, 11) is 0. The lowest BCUT2D eigenvalue weighted by atomic mass is 9.97. The predicted octanol–water partition coefficient (Wildman–Crippen LogP) is 4.47. The van der Waals surface area contributed by atoms with Gasteiger partial charge in [0.25, 0.3) is 0 Å². The molecule has 1 aromatic rings. The van der Waals surface area contributed by atoms with E-state index in [-0.39, 0.29) is 6.10 Å². The van der Waals surface area contributed by atoms with Gasteiger partial charge in [0.1, 0.15) is 6.10 Å². The molecule has 0 unspecified atom stereocenters. The minimum atomic E-state index is -0.175. The molecule has 0 amide bonds. The first-order valence-corrected chi connectivity index (χ1v) is 8.46. The highest BCUT2D eigenvalue weighted by Crippen LogP contribution is 2.29. The maximum Gasteiger partial charge on any atom is 0.144 e. The van der Waals surface area contributed by atoms with Crippen LogP contribution < -0.4 is 0 Å². The van der Waals surface area contributed by atoms with Crippen LogP contribution >= 0.6 is 0 Å². The van der Waals surface area contributed by atoms with Crippen molar-refractivity contribution in [3.8, 4) is 6.07 Å². The number of nitriles is 1. The van der Waals surface area contributed by atoms with Crippen LogP contribution in [0.5, 0.6) is 0 Å². The van der Waals surface area contributed by atoms with Crippen molar-refractivity contribution in [2.24, 2.45) is 5.92 Å². The molecule has 0 aliphatic carbocycles. The van der Waals surface area contributed by atoms with Gasteiger partial charge in [0.05, 0.1) is 18.8 Å². The molecule has 1 saturated heterocycles. The summed E-state index contributed by atoms with van der Waals surface area (Å²) in [5.41, 5.74) is 1.24. The lowest BCUT2D eigenvalue weighted by Gasteiger charge is -2.14. The van der Waals surface area contributed by atoms with Gasteiger partial charge < -0.3 is 9.47 Å². The number of unbranched alkanes of at least 4 members (excludes halogenated alkanes) is 3. The summed E-state index contributed by atoms with van der Waals surface area (Å²) in [5.74, 6) is 0.527. The third-order valence-corrected chi connectivity index (χ3v) is 4.34. The van der Waals surface area contributed by atoms with E-state index in [9.17, 15) is 0 Å². The fourth-order valence-corrected chi connectivity index (χ4v) is 2.99. The Morgan fingerprint density at radius 3 is 2.68 bits per heavy atom. The molecule has 120 valence electrons. The van der Waals surface area contributed by atoms with Crippen LogP contribution in [0.15, 0.2) is 30.3 Å². The molecule has 0 spiro atoms. The molecule has 0 radical (unpaired) electrons. The van der Waals surface area contributed by atoms with Crippen LogP contribution in [0.25, 0.3) is 0 Å². The van der Waals surface area contributed by atoms with E-state index in [0.29, 0.717) is 18.6 Å². The molecule has 1 aliphatic heterocycles. The Labute approximate surface area is 134 Å². The first kappa shape index (κ1) is 17.0. The highest BCUT2D eigenvalue weighted by molar-refractivity contribution is 5.13. The predicted molar refractivity (Wildman–Crippen MR) is 87.2 cm³/mol. The van der Waals surface area contributed by atoms with E-state index in [1.165, 1.54) is 24.8 Å². The van der Waals surface area contributed by atoms with Crippen molar-refractivity contribution in [1.82, 2.24) is 0 Å². The third-order valence-electron chi connectivity index (χ3n) is 4.34. The summed E-state index contributed by atoms with van der Waals surface area (Å²) in [6.07, 6.45) is 6.83. The molecule has 22 heavy (non-hydrogen) atoms. The molecule has 0 saturated carbocycles. The van der Waals surface area contributed by atoms with Gasteiger partial charge in [0.15, 0.2) is 0 Å². The normalized spacial score (nSPS) is 24.3. The lowest BCUT2D eigenvalue weighted by molar-refractivity contribution is 0.0549. The molecule has 1 aliphatic rings. The molecule has 3 heteroatoms. The van der Waals surface area contributed by atoms with Crippen molar-refractivity contribution in [3.63, 3.8) is 0 Å². The van der Waals surface area contributed by atoms with Gasteiger partial charge >= 0.3 is 0 Å². The number of rotatable bonds is 9. The largest absolute Gasteiger partial charge is 0.377 e. The second kappa shape index (κ2) is 9.61. The Balaban J connectivity index is 1.44. The van der Waals surface area contributed by atoms with Crippen molar-refractivity contribution < 1.29 is 9.47 Å². The highest BCUT2D eigenvalue weighted by atomic mass is 16.5. The van der Waals surface area contributed by atoms with Crippen LogP contribution in [0, 0.1) is 17.2 Å². The number of hydrogen-bond donors (Lipinski definition) is 0. The van der Waals surface area contributed by atoms with Crippen molar-refractivity contribution in [3.05, 3.63) is 35.9 Å². The minimum absolute atomic E-state index is 0.175. The molecule has 2 rings (SSSR count). The van der Waals surface area contributed by atoms with Gasteiger partial charge in [-0.15, -0.1) is 0 Å². The molecular formula is C19H27NO2. The average molecular weight is 301 g/mol. The standard InChI is InChI=1S/C19H27NO2/c1-16-13-18(14-20)22-19(16)11-7-2-3-8-12-21-15-17-9-5-4-6-10-17/h4-6,9-10,16,18-19H,2-3,7-8,11-13,15H2,1H3/t16-,18+,19+/m1/s1. The molecule has 0 aromatic heterocycles. The maximum absolute atomic E-state index is 8.89. The van der Waals surface area contributed by atoms with Crippen molar-refractivity contribution in [2.45, 2.75) is 64.3 Å². The summed E-state index contributed by atoms with van der Waals surface area (Å²) in [5, 5.41) is 8.89.